The Morgan fingerprint density at radius 2 is 2.08 bits per heavy atom. The van der Waals surface area contributed by atoms with E-state index in [1.165, 1.54) is 22.6 Å². The number of amides is 1. The molecule has 1 aromatic carbocycles. The molecular weight excluding hydrogens is 314 g/mol. The summed E-state index contributed by atoms with van der Waals surface area (Å²) in [6.07, 6.45) is 0. The SMILES string of the molecule is NC(=O)c1c(F)cc(Cl)c(F)c1I. The lowest BCUT2D eigenvalue weighted by atomic mass is 10.2. The van der Waals surface area contributed by atoms with Gasteiger partial charge in [-0.2, -0.15) is 0 Å². The minimum Gasteiger partial charge on any atom is -0.365 e. The first-order valence-electron chi connectivity index (χ1n) is 3.08. The van der Waals surface area contributed by atoms with Crippen molar-refractivity contribution in [2.75, 3.05) is 0 Å². The molecule has 0 saturated heterocycles. The normalized spacial score (nSPS) is 10.2. The Bertz CT molecular complexity index is 383. The van der Waals surface area contributed by atoms with Gasteiger partial charge in [-0.25, -0.2) is 8.78 Å². The molecule has 70 valence electrons. The van der Waals surface area contributed by atoms with E-state index in [1.54, 1.807) is 0 Å². The van der Waals surface area contributed by atoms with Gasteiger partial charge in [0.1, 0.15) is 5.82 Å². The summed E-state index contributed by atoms with van der Waals surface area (Å²) in [6.45, 7) is 0. The number of hydrogen-bond donors (Lipinski definition) is 1. The summed E-state index contributed by atoms with van der Waals surface area (Å²) in [5.41, 5.74) is 4.37. The fourth-order valence-electron chi connectivity index (χ4n) is 0.792. The molecule has 0 aliphatic heterocycles. The van der Waals surface area contributed by atoms with Crippen LogP contribution in [-0.4, -0.2) is 5.91 Å². The van der Waals surface area contributed by atoms with Crippen molar-refractivity contribution in [3.05, 3.63) is 31.9 Å². The molecule has 0 aliphatic carbocycles. The molecule has 6 heteroatoms. The van der Waals surface area contributed by atoms with Gasteiger partial charge in [-0.05, 0) is 28.7 Å². The molecule has 0 unspecified atom stereocenters. The van der Waals surface area contributed by atoms with Crippen LogP contribution in [0.2, 0.25) is 5.02 Å². The van der Waals surface area contributed by atoms with Crippen molar-refractivity contribution in [3.63, 3.8) is 0 Å². The van der Waals surface area contributed by atoms with Crippen molar-refractivity contribution >= 4 is 40.1 Å². The summed E-state index contributed by atoms with van der Waals surface area (Å²) < 4.78 is 25.8. The third kappa shape index (κ3) is 1.91. The van der Waals surface area contributed by atoms with Gasteiger partial charge in [0.15, 0.2) is 5.82 Å². The van der Waals surface area contributed by atoms with Gasteiger partial charge in [-0.3, -0.25) is 4.79 Å². The quantitative estimate of drug-likeness (QED) is 0.482. The molecular formula is C7H3ClF2INO. The summed E-state index contributed by atoms with van der Waals surface area (Å²) in [4.78, 5) is 10.7. The second kappa shape index (κ2) is 3.75. The summed E-state index contributed by atoms with van der Waals surface area (Å²) in [7, 11) is 0. The summed E-state index contributed by atoms with van der Waals surface area (Å²) in [5, 5.41) is -0.369. The average molecular weight is 317 g/mol. The molecule has 0 bridgehead atoms. The highest BCUT2D eigenvalue weighted by Gasteiger charge is 2.19. The molecule has 0 aromatic heterocycles. The molecule has 0 fully saturated rings. The predicted octanol–water partition coefficient (Wildman–Crippen LogP) is 2.32. The van der Waals surface area contributed by atoms with Crippen LogP contribution in [0.15, 0.2) is 6.07 Å². The molecule has 0 saturated carbocycles. The minimum atomic E-state index is -1.02. The predicted molar refractivity (Wildman–Crippen MR) is 52.6 cm³/mol. The van der Waals surface area contributed by atoms with Crippen LogP contribution in [0.25, 0.3) is 0 Å². The van der Waals surface area contributed by atoms with E-state index in [2.05, 4.69) is 0 Å². The zero-order valence-electron chi connectivity index (χ0n) is 6.07. The first-order chi connectivity index (χ1) is 5.95. The highest BCUT2D eigenvalue weighted by molar-refractivity contribution is 14.1. The Hall–Kier alpha value is -0.430. The fraction of sp³-hybridized carbons (Fsp3) is 0. The topological polar surface area (TPSA) is 43.1 Å². The van der Waals surface area contributed by atoms with Gasteiger partial charge in [0.05, 0.1) is 14.2 Å². The molecule has 0 atom stereocenters. The second-order valence-corrected chi connectivity index (χ2v) is 3.69. The number of carbonyl (C=O) groups excluding carboxylic acids is 1. The Morgan fingerprint density at radius 3 is 2.54 bits per heavy atom. The number of carbonyl (C=O) groups is 1. The van der Waals surface area contributed by atoms with Gasteiger partial charge in [0.2, 0.25) is 0 Å². The molecule has 1 aromatic rings. The lowest BCUT2D eigenvalue weighted by Crippen LogP contribution is -2.16. The Morgan fingerprint density at radius 1 is 1.54 bits per heavy atom. The Balaban J connectivity index is 3.53. The van der Waals surface area contributed by atoms with Crippen LogP contribution < -0.4 is 5.73 Å². The van der Waals surface area contributed by atoms with Crippen molar-refractivity contribution in [2.24, 2.45) is 5.73 Å². The van der Waals surface area contributed by atoms with Gasteiger partial charge in [-0.1, -0.05) is 11.6 Å². The number of benzene rings is 1. The van der Waals surface area contributed by atoms with Gasteiger partial charge in [-0.15, -0.1) is 0 Å². The highest BCUT2D eigenvalue weighted by Crippen LogP contribution is 2.25. The Kier molecular flexibility index (Phi) is 3.07. The molecule has 0 radical (unpaired) electrons. The van der Waals surface area contributed by atoms with Crippen molar-refractivity contribution in [1.82, 2.24) is 0 Å². The van der Waals surface area contributed by atoms with Crippen molar-refractivity contribution in [1.29, 1.82) is 0 Å². The third-order valence-electron chi connectivity index (χ3n) is 1.36. The largest absolute Gasteiger partial charge is 0.365 e. The van der Waals surface area contributed by atoms with Crippen LogP contribution in [0.3, 0.4) is 0 Å². The molecule has 1 amide bonds. The smallest absolute Gasteiger partial charge is 0.252 e. The van der Waals surface area contributed by atoms with E-state index in [1.807, 2.05) is 0 Å². The van der Waals surface area contributed by atoms with Crippen molar-refractivity contribution in [2.45, 2.75) is 0 Å². The van der Waals surface area contributed by atoms with Crippen LogP contribution in [0.4, 0.5) is 8.78 Å². The average Bonchev–Trinajstić information content (AvgIpc) is 1.99. The van der Waals surface area contributed by atoms with Gasteiger partial charge in [0.25, 0.3) is 5.91 Å². The van der Waals surface area contributed by atoms with Crippen LogP contribution in [0.1, 0.15) is 10.4 Å². The third-order valence-corrected chi connectivity index (χ3v) is 2.65. The van der Waals surface area contributed by atoms with E-state index < -0.39 is 23.1 Å². The number of hydrogen-bond acceptors (Lipinski definition) is 1. The van der Waals surface area contributed by atoms with E-state index in [0.717, 1.165) is 6.07 Å². The molecule has 13 heavy (non-hydrogen) atoms. The lowest BCUT2D eigenvalue weighted by Gasteiger charge is -2.04. The monoisotopic (exact) mass is 317 g/mol. The summed E-state index contributed by atoms with van der Waals surface area (Å²) in [5.74, 6) is -2.77. The maximum Gasteiger partial charge on any atom is 0.252 e. The van der Waals surface area contributed by atoms with Crippen LogP contribution in [0, 0.1) is 15.2 Å². The zero-order valence-corrected chi connectivity index (χ0v) is 8.99. The van der Waals surface area contributed by atoms with Gasteiger partial charge >= 0.3 is 0 Å². The molecule has 2 nitrogen and oxygen atoms in total. The number of primary amides is 1. The molecule has 1 rings (SSSR count). The fourth-order valence-corrected chi connectivity index (χ4v) is 1.96. The maximum atomic E-state index is 13.0. The van der Waals surface area contributed by atoms with E-state index in [4.69, 9.17) is 17.3 Å². The highest BCUT2D eigenvalue weighted by atomic mass is 127. The molecule has 0 spiro atoms. The second-order valence-electron chi connectivity index (χ2n) is 2.21. The Labute approximate surface area is 91.2 Å². The van der Waals surface area contributed by atoms with Gasteiger partial charge < -0.3 is 5.73 Å². The first kappa shape index (κ1) is 10.6. The van der Waals surface area contributed by atoms with Crippen LogP contribution >= 0.6 is 34.2 Å². The maximum absolute atomic E-state index is 13.0. The van der Waals surface area contributed by atoms with E-state index in [9.17, 15) is 13.6 Å². The molecule has 0 aliphatic rings. The van der Waals surface area contributed by atoms with Crippen LogP contribution in [-0.2, 0) is 0 Å². The lowest BCUT2D eigenvalue weighted by molar-refractivity contribution is 0.0995. The zero-order chi connectivity index (χ0) is 10.2. The number of rotatable bonds is 1. The summed E-state index contributed by atoms with van der Waals surface area (Å²) >= 11 is 6.80. The molecule has 2 N–H and O–H groups in total. The van der Waals surface area contributed by atoms with Crippen LogP contribution in [0.5, 0.6) is 0 Å². The van der Waals surface area contributed by atoms with E-state index in [0.29, 0.717) is 0 Å². The summed E-state index contributed by atoms with van der Waals surface area (Å²) in [6, 6.07) is 0.721. The van der Waals surface area contributed by atoms with Crippen molar-refractivity contribution < 1.29 is 13.6 Å². The molecule has 0 heterocycles. The standard InChI is InChI=1S/C7H3ClF2INO/c8-2-1-3(9)4(7(12)13)6(11)5(2)10/h1H,(H2,12,13). The first-order valence-corrected chi connectivity index (χ1v) is 4.53. The number of halogens is 4. The van der Waals surface area contributed by atoms with Gasteiger partial charge in [0, 0.05) is 0 Å². The van der Waals surface area contributed by atoms with E-state index in [-0.39, 0.29) is 8.59 Å². The van der Waals surface area contributed by atoms with E-state index >= 15 is 0 Å². The minimum absolute atomic E-state index is 0.199. The van der Waals surface area contributed by atoms with Crippen molar-refractivity contribution in [3.8, 4) is 0 Å². The number of nitrogens with two attached hydrogens (primary N) is 1.